The minimum Gasteiger partial charge on any atom is -0.425 e. The number of likely N-dealkylation sites (tertiary alicyclic amines) is 1. The Labute approximate surface area is 234 Å². The van der Waals surface area contributed by atoms with Crippen LogP contribution in [0.4, 0.5) is 23.7 Å². The van der Waals surface area contributed by atoms with Crippen molar-refractivity contribution in [3.8, 4) is 6.07 Å². The van der Waals surface area contributed by atoms with Gasteiger partial charge in [-0.1, -0.05) is 11.6 Å². The van der Waals surface area contributed by atoms with E-state index in [2.05, 4.69) is 15.1 Å². The van der Waals surface area contributed by atoms with Crippen LogP contribution in [-0.2, 0) is 19.4 Å². The van der Waals surface area contributed by atoms with Crippen molar-refractivity contribution in [2.75, 3.05) is 44.7 Å². The molecular weight excluding hydrogens is 575 g/mol. The average molecular weight is 604 g/mol. The summed E-state index contributed by atoms with van der Waals surface area (Å²) in [6, 6.07) is 6.46. The number of ether oxygens (including phenoxy) is 1. The Kier molecular flexibility index (Phi) is 7.16. The zero-order valence-corrected chi connectivity index (χ0v) is 23.3. The van der Waals surface area contributed by atoms with Gasteiger partial charge in [0.25, 0.3) is 0 Å². The lowest BCUT2D eigenvalue weighted by Crippen LogP contribution is -2.49. The number of anilines is 1. The van der Waals surface area contributed by atoms with Crippen LogP contribution >= 0.6 is 11.6 Å². The van der Waals surface area contributed by atoms with E-state index in [4.69, 9.17) is 16.3 Å². The van der Waals surface area contributed by atoms with Crippen LogP contribution in [0.15, 0.2) is 23.1 Å². The zero-order valence-electron chi connectivity index (χ0n) is 21.7. The molecule has 2 heterocycles. The summed E-state index contributed by atoms with van der Waals surface area (Å²) in [5, 5.41) is 10.2. The number of alkyl carbamates (subject to hydrolysis) is 1. The summed E-state index contributed by atoms with van der Waals surface area (Å²) in [4.78, 5) is 30.4. The van der Waals surface area contributed by atoms with Crippen molar-refractivity contribution < 1.29 is 35.9 Å². The molecule has 4 aliphatic rings. The molecule has 1 unspecified atom stereocenters. The number of nitriles is 1. The van der Waals surface area contributed by atoms with Gasteiger partial charge in [-0.25, -0.2) is 13.2 Å². The Hall–Kier alpha value is -2.76. The Morgan fingerprint density at radius 1 is 1.15 bits per heavy atom. The lowest BCUT2D eigenvalue weighted by molar-refractivity contribution is -0.201. The molecule has 15 heteroatoms. The van der Waals surface area contributed by atoms with Gasteiger partial charge in [-0.15, -0.1) is 0 Å². The minimum atomic E-state index is -4.84. The van der Waals surface area contributed by atoms with Crippen LogP contribution in [0, 0.1) is 16.7 Å². The van der Waals surface area contributed by atoms with Gasteiger partial charge in [0.1, 0.15) is 11.0 Å². The van der Waals surface area contributed by atoms with Crippen molar-refractivity contribution >= 4 is 39.1 Å². The van der Waals surface area contributed by atoms with Gasteiger partial charge in [0, 0.05) is 44.8 Å². The summed E-state index contributed by atoms with van der Waals surface area (Å²) in [5.74, 6) is -1.33. The van der Waals surface area contributed by atoms with E-state index in [-0.39, 0.29) is 9.92 Å². The van der Waals surface area contributed by atoms with Gasteiger partial charge in [-0.3, -0.25) is 4.79 Å². The molecule has 2 aliphatic heterocycles. The number of carbonyl (C=O) groups is 2. The molecule has 1 aromatic rings. The fraction of sp³-hybridized carbons (Fsp3) is 0.640. The first-order valence-electron chi connectivity index (χ1n) is 13.0. The fourth-order valence-electron chi connectivity index (χ4n) is 5.23. The number of hydrogen-bond acceptors (Lipinski definition) is 8. The van der Waals surface area contributed by atoms with E-state index in [0.717, 1.165) is 31.9 Å². The molecule has 2 atom stereocenters. The summed E-state index contributed by atoms with van der Waals surface area (Å²) >= 11 is 6.43. The number of benzene rings is 1. The van der Waals surface area contributed by atoms with Crippen LogP contribution in [0.2, 0.25) is 5.02 Å². The van der Waals surface area contributed by atoms with Crippen molar-refractivity contribution in [3.63, 3.8) is 0 Å². The molecule has 0 aromatic heterocycles. The lowest BCUT2D eigenvalue weighted by atomic mass is 10.1. The Morgan fingerprint density at radius 2 is 1.80 bits per heavy atom. The van der Waals surface area contributed by atoms with Gasteiger partial charge in [0.2, 0.25) is 5.91 Å². The number of carbonyl (C=O) groups excluding carboxylic acids is 2. The van der Waals surface area contributed by atoms with Gasteiger partial charge in [0.15, 0.2) is 16.1 Å². The van der Waals surface area contributed by atoms with Gasteiger partial charge >= 0.3 is 12.3 Å². The summed E-state index contributed by atoms with van der Waals surface area (Å²) in [7, 11) is -2.24. The molecular formula is C25H29ClF3N5O5S. The highest BCUT2D eigenvalue weighted by Crippen LogP contribution is 2.59. The second-order valence-corrected chi connectivity index (χ2v) is 13.6. The van der Waals surface area contributed by atoms with Crippen LogP contribution in [0.5, 0.6) is 0 Å². The van der Waals surface area contributed by atoms with Gasteiger partial charge in [-0.05, 0) is 50.9 Å². The third-order valence-electron chi connectivity index (χ3n) is 8.25. The van der Waals surface area contributed by atoms with Crippen LogP contribution in [0.3, 0.4) is 0 Å². The van der Waals surface area contributed by atoms with Gasteiger partial charge in [0.05, 0.1) is 21.2 Å². The quantitative estimate of drug-likeness (QED) is 0.527. The van der Waals surface area contributed by atoms with Crippen LogP contribution in [-0.4, -0.2) is 93.2 Å². The summed E-state index contributed by atoms with van der Waals surface area (Å²) in [6.07, 6.45) is -8.05. The van der Waals surface area contributed by atoms with Crippen LogP contribution in [0.1, 0.15) is 32.1 Å². The van der Waals surface area contributed by atoms with E-state index >= 15 is 0 Å². The molecule has 1 N–H and O–H groups in total. The maximum Gasteiger partial charge on any atom is 0.410 e. The highest BCUT2D eigenvalue weighted by molar-refractivity contribution is 7.92. The Morgan fingerprint density at radius 3 is 2.33 bits per heavy atom. The Bertz CT molecular complexity index is 1350. The summed E-state index contributed by atoms with van der Waals surface area (Å²) < 4.78 is 74.0. The van der Waals surface area contributed by atoms with E-state index < -0.39 is 76.3 Å². The molecule has 5 rings (SSSR count). The number of likely N-dealkylation sites (N-methyl/N-ethyl adjacent to an activating group) is 1. The van der Waals surface area contributed by atoms with Crippen molar-refractivity contribution in [1.82, 2.24) is 15.1 Å². The fourth-order valence-corrected chi connectivity index (χ4v) is 7.45. The highest BCUT2D eigenvalue weighted by Gasteiger charge is 2.70. The third kappa shape index (κ3) is 5.19. The topological polar surface area (TPSA) is 123 Å². The third-order valence-corrected chi connectivity index (χ3v) is 10.9. The molecule has 0 spiro atoms. The number of rotatable bonds is 6. The number of piperazine rings is 1. The smallest absolute Gasteiger partial charge is 0.410 e. The minimum absolute atomic E-state index is 0.0462. The molecule has 10 nitrogen and oxygen atoms in total. The molecule has 40 heavy (non-hydrogen) atoms. The first kappa shape index (κ1) is 28.8. The molecule has 2 saturated heterocycles. The number of sulfone groups is 1. The van der Waals surface area contributed by atoms with E-state index in [1.54, 1.807) is 12.1 Å². The maximum absolute atomic E-state index is 13.8. The second-order valence-electron chi connectivity index (χ2n) is 11.0. The Balaban J connectivity index is 1.38. The number of nitrogens with zero attached hydrogens (tertiary/aromatic N) is 4. The monoisotopic (exact) mass is 603 g/mol. The van der Waals surface area contributed by atoms with E-state index in [9.17, 15) is 36.4 Å². The van der Waals surface area contributed by atoms with E-state index in [0.29, 0.717) is 17.7 Å². The standard InChI is InChI=1S/C25H29ClF3N5O5S/c1-32-8-10-33(11-9-32)16-2-3-19(18(26)12-16)40(37,38)17-13-20(39-22(36)31-23(15-30)4-5-23)34(14-17)21(35)24(6-7-24)25(27,28)29/h2-3,12,17,20H,4-11,13-14H2,1H3,(H,31,36)/t17-,20?/m1/s1. The van der Waals surface area contributed by atoms with Gasteiger partial charge < -0.3 is 24.8 Å². The lowest BCUT2D eigenvalue weighted by Gasteiger charge is -2.34. The molecule has 2 aliphatic carbocycles. The SMILES string of the molecule is CN1CCN(c2ccc(S(=O)(=O)[C@@H]3CC(OC(=O)NC4(C#N)CC4)N(C(=O)C4(C(F)(F)F)CC4)C3)c(Cl)c2)CC1. The van der Waals surface area contributed by atoms with Crippen LogP contribution in [0.25, 0.3) is 0 Å². The molecule has 2 amide bonds. The molecule has 0 bridgehead atoms. The number of halogens is 4. The first-order valence-corrected chi connectivity index (χ1v) is 14.9. The molecule has 0 radical (unpaired) electrons. The van der Waals surface area contributed by atoms with Crippen molar-refractivity contribution in [3.05, 3.63) is 23.2 Å². The van der Waals surface area contributed by atoms with E-state index in [1.807, 2.05) is 13.1 Å². The van der Waals surface area contributed by atoms with Gasteiger partial charge in [-0.2, -0.15) is 18.4 Å². The number of amides is 2. The van der Waals surface area contributed by atoms with Crippen molar-refractivity contribution in [2.24, 2.45) is 5.41 Å². The maximum atomic E-state index is 13.8. The largest absolute Gasteiger partial charge is 0.425 e. The number of alkyl halides is 3. The predicted molar refractivity (Wildman–Crippen MR) is 137 cm³/mol. The summed E-state index contributed by atoms with van der Waals surface area (Å²) in [6.45, 7) is 2.51. The van der Waals surface area contributed by atoms with Crippen molar-refractivity contribution in [1.29, 1.82) is 5.26 Å². The second kappa shape index (κ2) is 9.95. The first-order chi connectivity index (χ1) is 18.7. The summed E-state index contributed by atoms with van der Waals surface area (Å²) in [5.41, 5.74) is -3.01. The zero-order chi connectivity index (χ0) is 29.1. The highest BCUT2D eigenvalue weighted by atomic mass is 35.5. The molecule has 218 valence electrons. The van der Waals surface area contributed by atoms with Crippen molar-refractivity contribution in [2.45, 2.75) is 60.2 Å². The van der Waals surface area contributed by atoms with E-state index in [1.165, 1.54) is 6.07 Å². The molecule has 2 saturated carbocycles. The molecule has 1 aromatic carbocycles. The van der Waals surface area contributed by atoms with Crippen LogP contribution < -0.4 is 10.2 Å². The number of nitrogens with one attached hydrogen (secondary N) is 1. The number of hydrogen-bond donors (Lipinski definition) is 1. The normalized spacial score (nSPS) is 25.7. The molecule has 4 fully saturated rings. The average Bonchev–Trinajstić information content (AvgIpc) is 3.81. The predicted octanol–water partition coefficient (Wildman–Crippen LogP) is 2.92.